The third-order valence-electron chi connectivity index (χ3n) is 6.33. The molecule has 7 nitrogen and oxygen atoms in total. The summed E-state index contributed by atoms with van der Waals surface area (Å²) in [5.74, 6) is 0.461. The van der Waals surface area contributed by atoms with Crippen LogP contribution in [0, 0.1) is 5.92 Å². The van der Waals surface area contributed by atoms with Gasteiger partial charge in [-0.25, -0.2) is 4.68 Å². The van der Waals surface area contributed by atoms with E-state index in [1.165, 1.54) is 6.42 Å². The Morgan fingerprint density at radius 2 is 1.74 bits per heavy atom. The molecule has 2 aromatic carbocycles. The number of anilines is 1. The van der Waals surface area contributed by atoms with Crippen LogP contribution in [0.25, 0.3) is 22.5 Å². The molecule has 0 atom stereocenters. The highest BCUT2D eigenvalue weighted by atomic mass is 16.2. The minimum absolute atomic E-state index is 0.0876. The zero-order valence-corrected chi connectivity index (χ0v) is 20.3. The van der Waals surface area contributed by atoms with E-state index in [0.717, 1.165) is 53.2 Å². The van der Waals surface area contributed by atoms with Gasteiger partial charge in [0, 0.05) is 37.6 Å². The van der Waals surface area contributed by atoms with Crippen molar-refractivity contribution in [2.24, 2.45) is 5.92 Å². The van der Waals surface area contributed by atoms with Gasteiger partial charge in [0.05, 0.1) is 17.9 Å². The number of rotatable bonds is 8. The summed E-state index contributed by atoms with van der Waals surface area (Å²) in [5.41, 5.74) is 5.56. The van der Waals surface area contributed by atoms with Crippen LogP contribution in [0.4, 0.5) is 5.69 Å². The fourth-order valence-electron chi connectivity index (χ4n) is 4.49. The second-order valence-corrected chi connectivity index (χ2v) is 9.23. The molecule has 0 bridgehead atoms. The third-order valence-corrected chi connectivity index (χ3v) is 6.33. The average molecular weight is 460 g/mol. The zero-order valence-electron chi connectivity index (χ0n) is 20.3. The lowest BCUT2D eigenvalue weighted by Gasteiger charge is -2.28. The van der Waals surface area contributed by atoms with Crippen molar-refractivity contribution in [2.45, 2.75) is 59.0 Å². The number of benzene rings is 2. The smallest absolute Gasteiger partial charge is 0.227 e. The summed E-state index contributed by atoms with van der Waals surface area (Å²) in [6.45, 7) is 5.73. The SMILES string of the molecule is CNC(=O)CCC(=O)N1Cc2ccccc2-c2c(nnn2CCCCC(C)C)-c2ccccc21. The molecule has 1 aromatic heterocycles. The van der Waals surface area contributed by atoms with E-state index in [1.54, 1.807) is 11.9 Å². The second kappa shape index (κ2) is 10.6. The molecule has 1 aliphatic rings. The molecule has 1 aliphatic heterocycles. The van der Waals surface area contributed by atoms with Gasteiger partial charge < -0.3 is 10.2 Å². The van der Waals surface area contributed by atoms with Gasteiger partial charge >= 0.3 is 0 Å². The predicted molar refractivity (Wildman–Crippen MR) is 134 cm³/mol. The fourth-order valence-corrected chi connectivity index (χ4v) is 4.49. The Morgan fingerprint density at radius 3 is 2.50 bits per heavy atom. The highest BCUT2D eigenvalue weighted by Gasteiger charge is 2.28. The first-order valence-corrected chi connectivity index (χ1v) is 12.1. The van der Waals surface area contributed by atoms with Crippen molar-refractivity contribution >= 4 is 17.5 Å². The number of hydrogen-bond donors (Lipinski definition) is 1. The molecule has 1 N–H and O–H groups in total. The molecule has 4 rings (SSSR count). The molecule has 7 heteroatoms. The molecule has 3 aromatic rings. The minimum atomic E-state index is -0.142. The first-order valence-electron chi connectivity index (χ1n) is 12.1. The Morgan fingerprint density at radius 1 is 1.00 bits per heavy atom. The molecule has 0 aliphatic carbocycles. The lowest BCUT2D eigenvalue weighted by Crippen LogP contribution is -2.32. The quantitative estimate of drug-likeness (QED) is 0.490. The molecule has 34 heavy (non-hydrogen) atoms. The summed E-state index contributed by atoms with van der Waals surface area (Å²) in [4.78, 5) is 26.9. The van der Waals surface area contributed by atoms with Crippen LogP contribution in [0.15, 0.2) is 48.5 Å². The van der Waals surface area contributed by atoms with E-state index in [0.29, 0.717) is 12.5 Å². The number of carbonyl (C=O) groups is 2. The predicted octanol–water partition coefficient (Wildman–Crippen LogP) is 4.81. The number of nitrogens with zero attached hydrogens (tertiary/aromatic N) is 4. The maximum absolute atomic E-state index is 13.3. The van der Waals surface area contributed by atoms with Crippen molar-refractivity contribution in [2.75, 3.05) is 11.9 Å². The molecular formula is C27H33N5O2. The lowest BCUT2D eigenvalue weighted by atomic mass is 9.95. The van der Waals surface area contributed by atoms with E-state index >= 15 is 0 Å². The monoisotopic (exact) mass is 459 g/mol. The van der Waals surface area contributed by atoms with Gasteiger partial charge in [-0.2, -0.15) is 0 Å². The van der Waals surface area contributed by atoms with Crippen molar-refractivity contribution in [1.82, 2.24) is 20.3 Å². The molecule has 2 amide bonds. The number of unbranched alkanes of at least 4 members (excludes halogenated alkanes) is 1. The van der Waals surface area contributed by atoms with Crippen LogP contribution in [0.2, 0.25) is 0 Å². The van der Waals surface area contributed by atoms with Gasteiger partial charge in [0.25, 0.3) is 0 Å². The maximum Gasteiger partial charge on any atom is 0.227 e. The Balaban J connectivity index is 1.75. The summed E-state index contributed by atoms with van der Waals surface area (Å²) >= 11 is 0. The number of hydrogen-bond acceptors (Lipinski definition) is 4. The van der Waals surface area contributed by atoms with Crippen LogP contribution < -0.4 is 10.2 Å². The Hall–Kier alpha value is -3.48. The second-order valence-electron chi connectivity index (χ2n) is 9.23. The molecule has 0 fully saturated rings. The molecular weight excluding hydrogens is 426 g/mol. The summed E-state index contributed by atoms with van der Waals surface area (Å²) in [6.07, 6.45) is 3.70. The molecule has 0 saturated carbocycles. The van der Waals surface area contributed by atoms with Crippen LogP contribution in [0.3, 0.4) is 0 Å². The van der Waals surface area contributed by atoms with Gasteiger partial charge in [0.2, 0.25) is 11.8 Å². The van der Waals surface area contributed by atoms with Crippen molar-refractivity contribution in [1.29, 1.82) is 0 Å². The Labute approximate surface area is 201 Å². The molecule has 2 heterocycles. The van der Waals surface area contributed by atoms with E-state index in [1.807, 2.05) is 41.1 Å². The normalized spacial score (nSPS) is 12.4. The first-order chi connectivity index (χ1) is 16.5. The van der Waals surface area contributed by atoms with Gasteiger partial charge in [-0.15, -0.1) is 5.10 Å². The fraction of sp³-hybridized carbons (Fsp3) is 0.407. The number of amides is 2. The van der Waals surface area contributed by atoms with Crippen molar-refractivity contribution in [3.05, 3.63) is 54.1 Å². The molecule has 0 saturated heterocycles. The van der Waals surface area contributed by atoms with Gasteiger partial charge in [0.15, 0.2) is 0 Å². The van der Waals surface area contributed by atoms with Crippen LogP contribution in [-0.2, 0) is 22.7 Å². The number of fused-ring (bicyclic) bond motifs is 5. The van der Waals surface area contributed by atoms with E-state index in [9.17, 15) is 9.59 Å². The van der Waals surface area contributed by atoms with Crippen LogP contribution >= 0.6 is 0 Å². The Kier molecular flexibility index (Phi) is 7.40. The van der Waals surface area contributed by atoms with Crippen LogP contribution in [0.5, 0.6) is 0 Å². The van der Waals surface area contributed by atoms with Crippen molar-refractivity contribution < 1.29 is 9.59 Å². The van der Waals surface area contributed by atoms with E-state index in [2.05, 4.69) is 41.6 Å². The van der Waals surface area contributed by atoms with Crippen molar-refractivity contribution in [3.8, 4) is 22.5 Å². The molecule has 178 valence electrons. The summed E-state index contributed by atoms with van der Waals surface area (Å²) in [6, 6.07) is 16.0. The zero-order chi connectivity index (χ0) is 24.1. The number of aromatic nitrogens is 3. The number of para-hydroxylation sites is 1. The minimum Gasteiger partial charge on any atom is -0.359 e. The highest BCUT2D eigenvalue weighted by molar-refractivity contribution is 6.01. The topological polar surface area (TPSA) is 80.1 Å². The molecule has 0 unspecified atom stereocenters. The standard InChI is InChI=1S/C27H33N5O2/c1-19(2)10-8-9-17-32-27-21-12-5-4-11-20(21)18-31(25(34)16-15-24(33)28-3)23-14-7-6-13-22(23)26(27)29-30-32/h4-7,11-14,19H,8-10,15-18H2,1-3H3,(H,28,33). The first kappa shape index (κ1) is 23.7. The van der Waals surface area contributed by atoms with Gasteiger partial charge in [0.1, 0.15) is 5.69 Å². The van der Waals surface area contributed by atoms with E-state index in [4.69, 9.17) is 0 Å². The number of aryl methyl sites for hydroxylation is 1. The summed E-state index contributed by atoms with van der Waals surface area (Å²) < 4.78 is 2.02. The Bertz CT molecular complexity index is 1170. The van der Waals surface area contributed by atoms with E-state index < -0.39 is 0 Å². The number of nitrogens with one attached hydrogen (secondary N) is 1. The average Bonchev–Trinajstić information content (AvgIpc) is 3.25. The van der Waals surface area contributed by atoms with Crippen molar-refractivity contribution in [3.63, 3.8) is 0 Å². The summed E-state index contributed by atoms with van der Waals surface area (Å²) in [5, 5.41) is 11.7. The van der Waals surface area contributed by atoms with Gasteiger partial charge in [-0.05, 0) is 24.0 Å². The number of carbonyl (C=O) groups excluding carboxylic acids is 2. The van der Waals surface area contributed by atoms with E-state index in [-0.39, 0.29) is 24.7 Å². The third kappa shape index (κ3) is 5.03. The highest BCUT2D eigenvalue weighted by Crippen LogP contribution is 2.41. The molecule has 0 radical (unpaired) electrons. The van der Waals surface area contributed by atoms with Crippen LogP contribution in [-0.4, -0.2) is 33.9 Å². The van der Waals surface area contributed by atoms with Gasteiger partial charge in [-0.1, -0.05) is 74.4 Å². The summed E-state index contributed by atoms with van der Waals surface area (Å²) in [7, 11) is 1.59. The van der Waals surface area contributed by atoms with Crippen LogP contribution in [0.1, 0.15) is 51.5 Å². The molecule has 0 spiro atoms. The maximum atomic E-state index is 13.3. The largest absolute Gasteiger partial charge is 0.359 e. The lowest BCUT2D eigenvalue weighted by molar-refractivity contribution is -0.125. The van der Waals surface area contributed by atoms with Gasteiger partial charge in [-0.3, -0.25) is 9.59 Å².